The molecule has 3 amide bonds. The van der Waals surface area contributed by atoms with Crippen molar-refractivity contribution in [2.24, 2.45) is 0 Å². The van der Waals surface area contributed by atoms with Crippen LogP contribution < -0.4 is 10.2 Å². The number of hydrogen-bond acceptors (Lipinski definition) is 2. The van der Waals surface area contributed by atoms with Crippen LogP contribution in [0.1, 0.15) is 6.42 Å². The van der Waals surface area contributed by atoms with E-state index in [1.165, 1.54) is 0 Å². The van der Waals surface area contributed by atoms with Gasteiger partial charge in [0.25, 0.3) is 0 Å². The van der Waals surface area contributed by atoms with Crippen LogP contribution >= 0.6 is 0 Å². The average molecular weight is 226 g/mol. The molecule has 0 atom stereocenters. The van der Waals surface area contributed by atoms with Gasteiger partial charge < -0.3 is 5.32 Å². The van der Waals surface area contributed by atoms with Crippen molar-refractivity contribution in [3.8, 4) is 0 Å². The van der Waals surface area contributed by atoms with Crippen LogP contribution in [0.4, 0.5) is 19.3 Å². The van der Waals surface area contributed by atoms with Crippen LogP contribution in [-0.2, 0) is 4.79 Å². The van der Waals surface area contributed by atoms with Crippen molar-refractivity contribution in [3.63, 3.8) is 0 Å². The molecular formula is C10H8F2N2O2. The zero-order valence-electron chi connectivity index (χ0n) is 8.17. The minimum absolute atomic E-state index is 0.0998. The first-order chi connectivity index (χ1) is 7.59. The predicted octanol–water partition coefficient (Wildman–Crippen LogP) is 1.41. The zero-order valence-corrected chi connectivity index (χ0v) is 8.17. The lowest BCUT2D eigenvalue weighted by molar-refractivity contribution is -0.118. The van der Waals surface area contributed by atoms with Crippen LogP contribution in [0.2, 0.25) is 0 Å². The summed E-state index contributed by atoms with van der Waals surface area (Å²) in [6.45, 7) is 0.233. The summed E-state index contributed by atoms with van der Waals surface area (Å²) in [6.07, 6.45) is 0.0998. The van der Waals surface area contributed by atoms with E-state index >= 15 is 0 Å². The van der Waals surface area contributed by atoms with Gasteiger partial charge in [-0.15, -0.1) is 0 Å². The number of nitrogens with one attached hydrogen (secondary N) is 1. The minimum atomic E-state index is -0.939. The highest BCUT2D eigenvalue weighted by atomic mass is 19.1. The normalized spacial score (nSPS) is 16.2. The van der Waals surface area contributed by atoms with Crippen molar-refractivity contribution >= 4 is 17.6 Å². The molecule has 0 spiro atoms. The lowest BCUT2D eigenvalue weighted by Crippen LogP contribution is -2.50. The highest BCUT2D eigenvalue weighted by Crippen LogP contribution is 2.22. The lowest BCUT2D eigenvalue weighted by Gasteiger charge is -2.25. The van der Waals surface area contributed by atoms with E-state index in [0.29, 0.717) is 11.0 Å². The quantitative estimate of drug-likeness (QED) is 0.787. The van der Waals surface area contributed by atoms with E-state index in [1.807, 2.05) is 0 Å². The van der Waals surface area contributed by atoms with E-state index in [9.17, 15) is 18.4 Å². The molecule has 1 aliphatic heterocycles. The van der Waals surface area contributed by atoms with Crippen LogP contribution in [0.3, 0.4) is 0 Å². The maximum absolute atomic E-state index is 13.4. The van der Waals surface area contributed by atoms with Crippen LogP contribution in [0, 0.1) is 11.6 Å². The topological polar surface area (TPSA) is 49.4 Å². The Balaban J connectivity index is 2.42. The molecule has 1 saturated heterocycles. The summed E-state index contributed by atoms with van der Waals surface area (Å²) in [5.74, 6) is -2.20. The molecule has 0 aliphatic carbocycles. The summed E-state index contributed by atoms with van der Waals surface area (Å²) in [4.78, 5) is 23.5. The number of nitrogens with zero attached hydrogens (tertiary/aromatic N) is 1. The molecule has 6 heteroatoms. The molecule has 1 aliphatic rings. The van der Waals surface area contributed by atoms with E-state index in [2.05, 4.69) is 5.32 Å². The summed E-state index contributed by atoms with van der Waals surface area (Å²) in [5, 5.41) is 2.41. The summed E-state index contributed by atoms with van der Waals surface area (Å²) in [7, 11) is 0. The van der Waals surface area contributed by atoms with Crippen molar-refractivity contribution < 1.29 is 18.4 Å². The van der Waals surface area contributed by atoms with Gasteiger partial charge in [-0.1, -0.05) is 0 Å². The molecule has 0 radical (unpaired) electrons. The van der Waals surface area contributed by atoms with Gasteiger partial charge in [0.2, 0.25) is 5.91 Å². The largest absolute Gasteiger partial charge is 0.337 e. The van der Waals surface area contributed by atoms with Gasteiger partial charge in [-0.2, -0.15) is 0 Å². The Morgan fingerprint density at radius 3 is 2.62 bits per heavy atom. The smallest absolute Gasteiger partial charge is 0.328 e. The van der Waals surface area contributed by atoms with Gasteiger partial charge in [0.05, 0.1) is 5.69 Å². The number of amides is 3. The second-order valence-corrected chi connectivity index (χ2v) is 3.31. The Kier molecular flexibility index (Phi) is 2.55. The molecule has 0 aromatic heterocycles. The van der Waals surface area contributed by atoms with Gasteiger partial charge in [0.1, 0.15) is 11.6 Å². The number of hydrogen-bond donors (Lipinski definition) is 1. The molecule has 2 rings (SSSR count). The summed E-state index contributed by atoms with van der Waals surface area (Å²) in [5.41, 5.74) is -0.233. The third-order valence-electron chi connectivity index (χ3n) is 2.22. The van der Waals surface area contributed by atoms with Crippen LogP contribution in [-0.4, -0.2) is 18.5 Å². The highest BCUT2D eigenvalue weighted by molar-refractivity contribution is 6.15. The molecule has 1 heterocycles. The monoisotopic (exact) mass is 226 g/mol. The number of carbonyl (C=O) groups excluding carboxylic acids is 2. The lowest BCUT2D eigenvalue weighted by atomic mass is 10.2. The molecule has 1 fully saturated rings. The first kappa shape index (κ1) is 10.5. The van der Waals surface area contributed by atoms with E-state index in [1.54, 1.807) is 0 Å². The van der Waals surface area contributed by atoms with Crippen molar-refractivity contribution in [1.29, 1.82) is 0 Å². The van der Waals surface area contributed by atoms with Gasteiger partial charge in [-0.25, -0.2) is 18.5 Å². The third kappa shape index (κ3) is 1.73. The van der Waals surface area contributed by atoms with Crippen molar-refractivity contribution in [2.45, 2.75) is 6.42 Å². The maximum atomic E-state index is 13.4. The SMILES string of the molecule is O=C1CCNC(=O)N1c1ccc(F)cc1F. The number of imide groups is 1. The number of halogens is 2. The van der Waals surface area contributed by atoms with Crippen molar-refractivity contribution in [1.82, 2.24) is 5.32 Å². The third-order valence-corrected chi connectivity index (χ3v) is 2.22. The average Bonchev–Trinajstić information content (AvgIpc) is 2.20. The van der Waals surface area contributed by atoms with Crippen molar-refractivity contribution in [2.75, 3.05) is 11.4 Å². The first-order valence-electron chi connectivity index (χ1n) is 4.65. The molecule has 84 valence electrons. The van der Waals surface area contributed by atoms with Crippen LogP contribution in [0.25, 0.3) is 0 Å². The van der Waals surface area contributed by atoms with Gasteiger partial charge in [-0.05, 0) is 12.1 Å². The Hall–Kier alpha value is -1.98. The highest BCUT2D eigenvalue weighted by Gasteiger charge is 2.29. The Labute approximate surface area is 89.8 Å². The van der Waals surface area contributed by atoms with Crippen LogP contribution in [0.5, 0.6) is 0 Å². The van der Waals surface area contributed by atoms with Crippen molar-refractivity contribution in [3.05, 3.63) is 29.8 Å². The van der Waals surface area contributed by atoms with E-state index in [4.69, 9.17) is 0 Å². The van der Waals surface area contributed by atoms with Gasteiger partial charge in [0, 0.05) is 19.0 Å². The van der Waals surface area contributed by atoms with Crippen LogP contribution in [0.15, 0.2) is 18.2 Å². The number of urea groups is 1. The first-order valence-corrected chi connectivity index (χ1v) is 4.65. The fourth-order valence-electron chi connectivity index (χ4n) is 1.49. The van der Waals surface area contributed by atoms with Gasteiger partial charge in [0.15, 0.2) is 0 Å². The maximum Gasteiger partial charge on any atom is 0.328 e. The summed E-state index contributed by atoms with van der Waals surface area (Å²) >= 11 is 0. The van der Waals surface area contributed by atoms with Gasteiger partial charge >= 0.3 is 6.03 Å². The number of anilines is 1. The fourth-order valence-corrected chi connectivity index (χ4v) is 1.49. The summed E-state index contributed by atoms with van der Waals surface area (Å²) < 4.78 is 26.0. The Morgan fingerprint density at radius 2 is 2.00 bits per heavy atom. The molecule has 1 aromatic carbocycles. The molecule has 1 N–H and O–H groups in total. The number of carbonyl (C=O) groups is 2. The molecule has 1 aromatic rings. The standard InChI is InChI=1S/C10H8F2N2O2/c11-6-1-2-8(7(12)5-6)14-9(15)3-4-13-10(14)16/h1-2,5H,3-4H2,(H,13,16). The Bertz CT molecular complexity index is 446. The fraction of sp³-hybridized carbons (Fsp3) is 0.200. The van der Waals surface area contributed by atoms with E-state index < -0.39 is 23.6 Å². The minimum Gasteiger partial charge on any atom is -0.337 e. The summed E-state index contributed by atoms with van der Waals surface area (Å²) in [6, 6.07) is 1.99. The second-order valence-electron chi connectivity index (χ2n) is 3.31. The van der Waals surface area contributed by atoms with E-state index in [0.717, 1.165) is 12.1 Å². The molecule has 0 unspecified atom stereocenters. The number of rotatable bonds is 1. The van der Waals surface area contributed by atoms with E-state index in [-0.39, 0.29) is 18.7 Å². The number of benzene rings is 1. The second kappa shape index (κ2) is 3.88. The molecule has 16 heavy (non-hydrogen) atoms. The Morgan fingerprint density at radius 1 is 1.25 bits per heavy atom. The predicted molar refractivity (Wildman–Crippen MR) is 51.9 cm³/mol. The zero-order chi connectivity index (χ0) is 11.7. The molecule has 4 nitrogen and oxygen atoms in total. The molecule has 0 saturated carbocycles. The molecule has 0 bridgehead atoms. The van der Waals surface area contributed by atoms with Gasteiger partial charge in [-0.3, -0.25) is 4.79 Å². The molecular weight excluding hydrogens is 218 g/mol.